The van der Waals surface area contributed by atoms with Crippen LogP contribution in [0.25, 0.3) is 0 Å². The SMILES string of the molecule is C=C1CC(c2ccc(Cl)cc2)OC1=O. The van der Waals surface area contributed by atoms with Crippen molar-refractivity contribution in [3.63, 3.8) is 0 Å². The molecular weight excluding hydrogens is 200 g/mol. The number of hydrogen-bond acceptors (Lipinski definition) is 2. The van der Waals surface area contributed by atoms with Crippen LogP contribution in [0, 0.1) is 0 Å². The molecule has 1 aromatic rings. The molecule has 1 unspecified atom stereocenters. The monoisotopic (exact) mass is 208 g/mol. The molecule has 1 aliphatic rings. The van der Waals surface area contributed by atoms with Crippen LogP contribution in [0.3, 0.4) is 0 Å². The Bertz CT molecular complexity index is 365. The summed E-state index contributed by atoms with van der Waals surface area (Å²) in [5.41, 5.74) is 1.49. The Labute approximate surface area is 87.1 Å². The molecular formula is C11H9ClO2. The zero-order valence-electron chi connectivity index (χ0n) is 7.50. The zero-order valence-corrected chi connectivity index (χ0v) is 8.25. The number of ether oxygens (including phenoxy) is 1. The third-order valence-corrected chi connectivity index (χ3v) is 2.46. The van der Waals surface area contributed by atoms with E-state index in [-0.39, 0.29) is 12.1 Å². The molecule has 3 heteroatoms. The number of hydrogen-bond donors (Lipinski definition) is 0. The van der Waals surface area contributed by atoms with Crippen LogP contribution in [0.15, 0.2) is 36.4 Å². The van der Waals surface area contributed by atoms with E-state index >= 15 is 0 Å². The molecule has 0 bridgehead atoms. The molecule has 0 radical (unpaired) electrons. The molecule has 0 aromatic heterocycles. The van der Waals surface area contributed by atoms with Crippen LogP contribution in [0.2, 0.25) is 5.02 Å². The fraction of sp³-hybridized carbons (Fsp3) is 0.182. The first-order valence-corrected chi connectivity index (χ1v) is 4.69. The van der Waals surface area contributed by atoms with Crippen LogP contribution >= 0.6 is 11.6 Å². The molecule has 1 heterocycles. The van der Waals surface area contributed by atoms with Gasteiger partial charge in [0.2, 0.25) is 0 Å². The van der Waals surface area contributed by atoms with Gasteiger partial charge in [-0.2, -0.15) is 0 Å². The van der Waals surface area contributed by atoms with Gasteiger partial charge in [-0.25, -0.2) is 4.79 Å². The van der Waals surface area contributed by atoms with Gasteiger partial charge in [0.05, 0.1) is 0 Å². The average Bonchev–Trinajstić information content (AvgIpc) is 2.48. The molecule has 0 amide bonds. The maximum Gasteiger partial charge on any atom is 0.334 e. The number of carbonyl (C=O) groups excluding carboxylic acids is 1. The number of rotatable bonds is 1. The lowest BCUT2D eigenvalue weighted by Gasteiger charge is -2.08. The Morgan fingerprint density at radius 1 is 1.36 bits per heavy atom. The first-order valence-electron chi connectivity index (χ1n) is 4.31. The number of esters is 1. The molecule has 1 aromatic carbocycles. The van der Waals surface area contributed by atoms with Gasteiger partial charge in [0.25, 0.3) is 0 Å². The fourth-order valence-electron chi connectivity index (χ4n) is 1.42. The summed E-state index contributed by atoms with van der Waals surface area (Å²) in [5, 5.41) is 0.678. The smallest absolute Gasteiger partial charge is 0.334 e. The molecule has 2 rings (SSSR count). The summed E-state index contributed by atoms with van der Waals surface area (Å²) in [4.78, 5) is 11.1. The lowest BCUT2D eigenvalue weighted by molar-refractivity contribution is -0.139. The van der Waals surface area contributed by atoms with Gasteiger partial charge in [-0.1, -0.05) is 30.3 Å². The van der Waals surface area contributed by atoms with Gasteiger partial charge >= 0.3 is 5.97 Å². The van der Waals surface area contributed by atoms with Crippen molar-refractivity contribution in [1.29, 1.82) is 0 Å². The Kier molecular flexibility index (Phi) is 2.30. The van der Waals surface area contributed by atoms with Gasteiger partial charge in [-0.05, 0) is 17.7 Å². The maximum absolute atomic E-state index is 11.1. The highest BCUT2D eigenvalue weighted by atomic mass is 35.5. The van der Waals surface area contributed by atoms with Crippen molar-refractivity contribution in [3.05, 3.63) is 47.0 Å². The van der Waals surface area contributed by atoms with Crippen LogP contribution in [0.1, 0.15) is 18.1 Å². The van der Waals surface area contributed by atoms with E-state index in [1.54, 1.807) is 12.1 Å². The van der Waals surface area contributed by atoms with E-state index in [2.05, 4.69) is 6.58 Å². The number of carbonyl (C=O) groups is 1. The van der Waals surface area contributed by atoms with Crippen molar-refractivity contribution in [1.82, 2.24) is 0 Å². The first-order chi connectivity index (χ1) is 6.66. The molecule has 2 nitrogen and oxygen atoms in total. The van der Waals surface area contributed by atoms with E-state index < -0.39 is 0 Å². The van der Waals surface area contributed by atoms with Crippen molar-refractivity contribution in [2.45, 2.75) is 12.5 Å². The Morgan fingerprint density at radius 3 is 2.50 bits per heavy atom. The quantitative estimate of drug-likeness (QED) is 0.524. The molecule has 1 saturated heterocycles. The summed E-state index contributed by atoms with van der Waals surface area (Å²) < 4.78 is 5.12. The van der Waals surface area contributed by atoms with Crippen molar-refractivity contribution in [3.8, 4) is 0 Å². The number of cyclic esters (lactones) is 1. The highest BCUT2D eigenvalue weighted by molar-refractivity contribution is 6.30. The Balaban J connectivity index is 2.21. The van der Waals surface area contributed by atoms with E-state index in [0.29, 0.717) is 17.0 Å². The maximum atomic E-state index is 11.1. The summed E-state index contributed by atoms with van der Waals surface area (Å²) in [6.45, 7) is 3.63. The minimum Gasteiger partial charge on any atom is -0.454 e. The van der Waals surface area contributed by atoms with Gasteiger partial charge in [-0.3, -0.25) is 0 Å². The second-order valence-electron chi connectivity index (χ2n) is 3.25. The van der Waals surface area contributed by atoms with Crippen molar-refractivity contribution in [2.24, 2.45) is 0 Å². The van der Waals surface area contributed by atoms with E-state index in [9.17, 15) is 4.79 Å². The molecule has 1 aliphatic heterocycles. The van der Waals surface area contributed by atoms with Crippen molar-refractivity contribution >= 4 is 17.6 Å². The van der Waals surface area contributed by atoms with Gasteiger partial charge in [0.15, 0.2) is 0 Å². The standard InChI is InChI=1S/C11H9ClO2/c1-7-6-10(14-11(7)13)8-2-4-9(12)5-3-8/h2-5,10H,1,6H2. The molecule has 0 N–H and O–H groups in total. The van der Waals surface area contributed by atoms with Gasteiger partial charge in [-0.15, -0.1) is 0 Å². The topological polar surface area (TPSA) is 26.3 Å². The molecule has 1 fully saturated rings. The van der Waals surface area contributed by atoms with Crippen LogP contribution < -0.4 is 0 Å². The summed E-state index contributed by atoms with van der Waals surface area (Å²) in [5.74, 6) is -0.301. The third kappa shape index (κ3) is 1.66. The summed E-state index contributed by atoms with van der Waals surface area (Å²) >= 11 is 5.75. The summed E-state index contributed by atoms with van der Waals surface area (Å²) in [6, 6.07) is 7.29. The Hall–Kier alpha value is -1.28. The van der Waals surface area contributed by atoms with Crippen LogP contribution in [0.4, 0.5) is 0 Å². The lowest BCUT2D eigenvalue weighted by atomic mass is 10.1. The van der Waals surface area contributed by atoms with Crippen LogP contribution in [-0.2, 0) is 9.53 Å². The predicted octanol–water partition coefficient (Wildman–Crippen LogP) is 2.88. The highest BCUT2D eigenvalue weighted by Gasteiger charge is 2.28. The Morgan fingerprint density at radius 2 is 2.00 bits per heavy atom. The third-order valence-electron chi connectivity index (χ3n) is 2.21. The lowest BCUT2D eigenvalue weighted by Crippen LogP contribution is -1.98. The molecule has 0 aliphatic carbocycles. The van der Waals surface area contributed by atoms with Gasteiger partial charge in [0.1, 0.15) is 6.10 Å². The van der Waals surface area contributed by atoms with Crippen molar-refractivity contribution in [2.75, 3.05) is 0 Å². The van der Waals surface area contributed by atoms with Crippen LogP contribution in [0.5, 0.6) is 0 Å². The minimum absolute atomic E-state index is 0.188. The molecule has 0 saturated carbocycles. The summed E-state index contributed by atoms with van der Waals surface area (Å²) in [7, 11) is 0. The van der Waals surface area contributed by atoms with E-state index in [0.717, 1.165) is 5.56 Å². The van der Waals surface area contributed by atoms with Gasteiger partial charge in [0, 0.05) is 17.0 Å². The highest BCUT2D eigenvalue weighted by Crippen LogP contribution is 2.32. The normalized spacial score (nSPS) is 21.1. The van der Waals surface area contributed by atoms with E-state index in [4.69, 9.17) is 16.3 Å². The second-order valence-corrected chi connectivity index (χ2v) is 3.69. The molecule has 14 heavy (non-hydrogen) atoms. The molecule has 0 spiro atoms. The first kappa shape index (κ1) is 9.28. The van der Waals surface area contributed by atoms with Crippen LogP contribution in [-0.4, -0.2) is 5.97 Å². The van der Waals surface area contributed by atoms with Crippen molar-refractivity contribution < 1.29 is 9.53 Å². The average molecular weight is 209 g/mol. The second kappa shape index (κ2) is 3.46. The van der Waals surface area contributed by atoms with Gasteiger partial charge < -0.3 is 4.74 Å². The zero-order chi connectivity index (χ0) is 10.1. The van der Waals surface area contributed by atoms with E-state index in [1.807, 2.05) is 12.1 Å². The fourth-order valence-corrected chi connectivity index (χ4v) is 1.55. The van der Waals surface area contributed by atoms with E-state index in [1.165, 1.54) is 0 Å². The minimum atomic E-state index is -0.301. The molecule has 72 valence electrons. The largest absolute Gasteiger partial charge is 0.454 e. The summed E-state index contributed by atoms with van der Waals surface area (Å²) in [6.07, 6.45) is 0.382. The predicted molar refractivity (Wildman–Crippen MR) is 54.0 cm³/mol. The number of benzene rings is 1. The number of halogens is 1. The molecule has 1 atom stereocenters.